The molecule has 0 aliphatic rings. The number of hydrogen-bond donors (Lipinski definition) is 4. The molecule has 0 rings (SSSR count). The first-order chi connectivity index (χ1) is 7.68. The average Bonchev–Trinajstić information content (AvgIpc) is 2.25. The largest absolute Gasteiger partial charge is 0.480 e. The van der Waals surface area contributed by atoms with Gasteiger partial charge in [0.15, 0.2) is 1.41 Å². The summed E-state index contributed by atoms with van der Waals surface area (Å²) in [6.45, 7) is 4.00. The molecule has 0 aliphatic carbocycles. The number of carboxylic acid groups (broad SMARTS) is 1. The van der Waals surface area contributed by atoms with E-state index in [1.165, 1.54) is 20.8 Å². The van der Waals surface area contributed by atoms with Crippen molar-refractivity contribution in [2.24, 2.45) is 5.73 Å². The van der Waals surface area contributed by atoms with Crippen LogP contribution in [0, 0.1) is 0 Å². The number of rotatable bonds is 5. The van der Waals surface area contributed by atoms with Crippen LogP contribution in [0.15, 0.2) is 0 Å². The Bertz CT molecular complexity index is 321. The SMILES string of the molecule is [2H]N(C(=O)[C@H](C)N)[C@@H](C)C(=O)N[C@@H](C)C(=O)O. The Balaban J connectivity index is 4.50. The second-order valence-corrected chi connectivity index (χ2v) is 3.50. The highest BCUT2D eigenvalue weighted by Gasteiger charge is 2.21. The summed E-state index contributed by atoms with van der Waals surface area (Å²) >= 11 is 0. The molecule has 0 saturated heterocycles. The quantitative estimate of drug-likeness (QED) is 0.456. The summed E-state index contributed by atoms with van der Waals surface area (Å²) in [5.74, 6) is -2.62. The Kier molecular flexibility index (Phi) is 4.71. The van der Waals surface area contributed by atoms with Gasteiger partial charge in [-0.25, -0.2) is 0 Å². The molecule has 0 unspecified atom stereocenters. The zero-order valence-corrected chi connectivity index (χ0v) is 9.43. The predicted octanol–water partition coefficient (Wildman–Crippen LogP) is -1.57. The van der Waals surface area contributed by atoms with Crippen LogP contribution in [0.1, 0.15) is 20.8 Å². The third-order valence-electron chi connectivity index (χ3n) is 1.82. The van der Waals surface area contributed by atoms with Gasteiger partial charge >= 0.3 is 5.97 Å². The molecule has 16 heavy (non-hydrogen) atoms. The van der Waals surface area contributed by atoms with Crippen molar-refractivity contribution in [2.45, 2.75) is 38.9 Å². The minimum Gasteiger partial charge on any atom is -0.480 e. The Morgan fingerprint density at radius 3 is 2.06 bits per heavy atom. The summed E-state index contributed by atoms with van der Waals surface area (Å²) in [7, 11) is 0. The van der Waals surface area contributed by atoms with Gasteiger partial charge in [0.05, 0.1) is 6.04 Å². The van der Waals surface area contributed by atoms with E-state index in [1.807, 2.05) is 0 Å². The van der Waals surface area contributed by atoms with E-state index < -0.39 is 35.9 Å². The number of carbonyl (C=O) groups excluding carboxylic acids is 2. The molecule has 0 radical (unpaired) electrons. The summed E-state index contributed by atoms with van der Waals surface area (Å²) in [4.78, 5) is 33.3. The zero-order valence-electron chi connectivity index (χ0n) is 10.4. The third kappa shape index (κ3) is 4.74. The fraction of sp³-hybridized carbons (Fsp3) is 0.667. The summed E-state index contributed by atoms with van der Waals surface area (Å²) in [5.41, 5.74) is 5.29. The highest BCUT2D eigenvalue weighted by atomic mass is 16.4. The van der Waals surface area contributed by atoms with Gasteiger partial charge in [-0.05, 0) is 20.8 Å². The van der Waals surface area contributed by atoms with Crippen molar-refractivity contribution < 1.29 is 20.9 Å². The van der Waals surface area contributed by atoms with E-state index in [9.17, 15) is 14.4 Å². The van der Waals surface area contributed by atoms with Gasteiger partial charge in [0.25, 0.3) is 0 Å². The number of nitrogens with two attached hydrogens (primary N) is 1. The van der Waals surface area contributed by atoms with Crippen LogP contribution >= 0.6 is 0 Å². The van der Waals surface area contributed by atoms with E-state index in [0.29, 0.717) is 5.31 Å². The van der Waals surface area contributed by atoms with Crippen LogP contribution in [0.2, 0.25) is 1.41 Å². The van der Waals surface area contributed by atoms with Crippen molar-refractivity contribution in [3.63, 3.8) is 0 Å². The number of nitrogens with one attached hydrogen (secondary N) is 2. The van der Waals surface area contributed by atoms with Crippen molar-refractivity contribution in [1.82, 2.24) is 10.6 Å². The molecule has 0 saturated carbocycles. The molecule has 0 heterocycles. The van der Waals surface area contributed by atoms with Crippen LogP contribution in [-0.4, -0.2) is 41.0 Å². The minimum absolute atomic E-state index is 0.439. The van der Waals surface area contributed by atoms with Crippen LogP contribution in [0.5, 0.6) is 0 Å². The predicted molar refractivity (Wildman–Crippen MR) is 56.5 cm³/mol. The molecule has 0 aliphatic heterocycles. The van der Waals surface area contributed by atoms with Crippen molar-refractivity contribution in [2.75, 3.05) is 0 Å². The Hall–Kier alpha value is -1.63. The molecule has 0 aromatic heterocycles. The zero-order chi connectivity index (χ0) is 13.7. The lowest BCUT2D eigenvalue weighted by Crippen LogP contribution is -2.52. The molecule has 7 heteroatoms. The summed E-state index contributed by atoms with van der Waals surface area (Å²) < 4.78 is 7.39. The Morgan fingerprint density at radius 1 is 1.19 bits per heavy atom. The average molecular weight is 232 g/mol. The van der Waals surface area contributed by atoms with Crippen LogP contribution in [0.25, 0.3) is 0 Å². The fourth-order valence-corrected chi connectivity index (χ4v) is 0.763. The van der Waals surface area contributed by atoms with Crippen molar-refractivity contribution in [3.05, 3.63) is 0 Å². The van der Waals surface area contributed by atoms with Crippen LogP contribution in [-0.2, 0) is 14.4 Å². The van der Waals surface area contributed by atoms with Gasteiger partial charge in [-0.3, -0.25) is 14.4 Å². The van der Waals surface area contributed by atoms with Gasteiger partial charge in [-0.15, -0.1) is 0 Å². The van der Waals surface area contributed by atoms with Crippen molar-refractivity contribution >= 4 is 17.8 Å². The molecule has 92 valence electrons. The van der Waals surface area contributed by atoms with Gasteiger partial charge < -0.3 is 21.5 Å². The summed E-state index contributed by atoms with van der Waals surface area (Å²) in [6.07, 6.45) is 0. The summed E-state index contributed by atoms with van der Waals surface area (Å²) in [5, 5.41) is 11.2. The molecule has 0 aromatic carbocycles. The number of aliphatic carboxylic acids is 1. The lowest BCUT2D eigenvalue weighted by molar-refractivity contribution is -0.141. The molecular weight excluding hydrogens is 214 g/mol. The Labute approximate surface area is 94.8 Å². The molecule has 2 amide bonds. The first-order valence-corrected chi connectivity index (χ1v) is 4.79. The number of carboxylic acids is 1. The molecule has 0 aromatic rings. The topological polar surface area (TPSA) is 122 Å². The number of amides is 2. The smallest absolute Gasteiger partial charge is 0.325 e. The lowest BCUT2D eigenvalue weighted by atomic mass is 10.2. The third-order valence-corrected chi connectivity index (χ3v) is 1.82. The van der Waals surface area contributed by atoms with Crippen molar-refractivity contribution in [1.29, 1.82) is 0 Å². The molecule has 3 atom stereocenters. The molecule has 7 nitrogen and oxygen atoms in total. The fourth-order valence-electron chi connectivity index (χ4n) is 0.763. The first-order valence-electron chi connectivity index (χ1n) is 5.24. The standard InChI is InChI=1S/C9H17N3O4/c1-4(10)7(13)11-5(2)8(14)12-6(3)9(15)16/h4-6H,10H2,1-3H3,(H,11,13)(H,12,14)(H,15,16)/t4-,5-,6-/m0/s1/i/hD. The van der Waals surface area contributed by atoms with Crippen LogP contribution < -0.4 is 16.4 Å². The second kappa shape index (κ2) is 6.06. The molecule has 5 N–H and O–H groups in total. The maximum atomic E-state index is 11.5. The monoisotopic (exact) mass is 232 g/mol. The number of carbonyl (C=O) groups is 3. The van der Waals surface area contributed by atoms with Crippen molar-refractivity contribution in [3.8, 4) is 0 Å². The van der Waals surface area contributed by atoms with Gasteiger partial charge in [0, 0.05) is 0 Å². The second-order valence-electron chi connectivity index (χ2n) is 3.50. The van der Waals surface area contributed by atoms with E-state index in [-0.39, 0.29) is 0 Å². The van der Waals surface area contributed by atoms with Gasteiger partial charge in [-0.1, -0.05) is 0 Å². The highest BCUT2D eigenvalue weighted by molar-refractivity contribution is 5.91. The lowest BCUT2D eigenvalue weighted by Gasteiger charge is -2.17. The van der Waals surface area contributed by atoms with E-state index >= 15 is 0 Å². The minimum atomic E-state index is -1.19. The maximum absolute atomic E-state index is 11.5. The van der Waals surface area contributed by atoms with Gasteiger partial charge in [0.1, 0.15) is 12.1 Å². The van der Waals surface area contributed by atoms with E-state index in [4.69, 9.17) is 12.3 Å². The molecular formula is C9H17N3O4. The molecule has 0 spiro atoms. The van der Waals surface area contributed by atoms with Crippen LogP contribution in [0.4, 0.5) is 0 Å². The molecule has 0 bridgehead atoms. The maximum Gasteiger partial charge on any atom is 0.325 e. The number of hydrogen-bond acceptors (Lipinski definition) is 4. The van der Waals surface area contributed by atoms with Gasteiger partial charge in [0.2, 0.25) is 11.8 Å². The van der Waals surface area contributed by atoms with Crippen LogP contribution in [0.3, 0.4) is 0 Å². The first kappa shape index (κ1) is 12.4. The van der Waals surface area contributed by atoms with E-state index in [1.54, 1.807) is 0 Å². The Morgan fingerprint density at radius 2 is 1.69 bits per heavy atom. The van der Waals surface area contributed by atoms with E-state index in [2.05, 4.69) is 5.32 Å². The molecule has 0 fully saturated rings. The normalized spacial score (nSPS) is 16.6. The van der Waals surface area contributed by atoms with Gasteiger partial charge in [-0.2, -0.15) is 0 Å². The highest BCUT2D eigenvalue weighted by Crippen LogP contribution is 1.88. The summed E-state index contributed by atoms with van der Waals surface area (Å²) in [6, 6.07) is -3.07. The van der Waals surface area contributed by atoms with E-state index in [0.717, 1.165) is 0 Å².